The SMILES string of the molecule is O=C(O)c1c(Cl)c(Cl)c(Cl)c(Cl)c1C(=O)c1cccc2ccccc12. The molecule has 3 aromatic rings. The highest BCUT2D eigenvalue weighted by atomic mass is 35.5. The highest BCUT2D eigenvalue weighted by molar-refractivity contribution is 6.54. The maximum Gasteiger partial charge on any atom is 0.338 e. The van der Waals surface area contributed by atoms with E-state index in [0.29, 0.717) is 5.39 Å². The standard InChI is InChI=1S/C18H8Cl4O3/c19-13-11(12(18(24)25)14(20)16(22)15(13)21)17(23)10-7-3-5-8-4-1-2-6-9(8)10/h1-7H,(H,24,25). The topological polar surface area (TPSA) is 54.4 Å². The highest BCUT2D eigenvalue weighted by Gasteiger charge is 2.29. The normalized spacial score (nSPS) is 10.9. The van der Waals surface area contributed by atoms with Gasteiger partial charge in [-0.05, 0) is 10.8 Å². The number of carboxylic acids is 1. The van der Waals surface area contributed by atoms with Crippen molar-refractivity contribution in [2.45, 2.75) is 0 Å². The molecular formula is C18H8Cl4O3. The van der Waals surface area contributed by atoms with Crippen LogP contribution in [0.2, 0.25) is 20.1 Å². The number of carbonyl (C=O) groups is 2. The second-order valence-corrected chi connectivity index (χ2v) is 6.68. The Morgan fingerprint density at radius 2 is 1.28 bits per heavy atom. The van der Waals surface area contributed by atoms with Gasteiger partial charge in [0.15, 0.2) is 5.78 Å². The van der Waals surface area contributed by atoms with E-state index in [1.807, 2.05) is 18.2 Å². The summed E-state index contributed by atoms with van der Waals surface area (Å²) < 4.78 is 0. The molecule has 25 heavy (non-hydrogen) atoms. The predicted octanol–water partition coefficient (Wildman–Crippen LogP) is 6.38. The van der Waals surface area contributed by atoms with Crippen LogP contribution in [0.25, 0.3) is 10.8 Å². The molecule has 3 nitrogen and oxygen atoms in total. The number of carbonyl (C=O) groups excluding carboxylic acids is 1. The van der Waals surface area contributed by atoms with E-state index in [2.05, 4.69) is 0 Å². The van der Waals surface area contributed by atoms with E-state index in [9.17, 15) is 14.7 Å². The van der Waals surface area contributed by atoms with Crippen molar-refractivity contribution in [1.82, 2.24) is 0 Å². The van der Waals surface area contributed by atoms with Crippen LogP contribution in [0, 0.1) is 0 Å². The van der Waals surface area contributed by atoms with Crippen molar-refractivity contribution < 1.29 is 14.7 Å². The molecule has 0 fully saturated rings. The Labute approximate surface area is 162 Å². The summed E-state index contributed by atoms with van der Waals surface area (Å²) >= 11 is 24.1. The zero-order valence-corrected chi connectivity index (χ0v) is 15.3. The maximum atomic E-state index is 13.1. The van der Waals surface area contributed by atoms with E-state index in [-0.39, 0.29) is 31.2 Å². The van der Waals surface area contributed by atoms with Crippen molar-refractivity contribution in [3.8, 4) is 0 Å². The number of hydrogen-bond acceptors (Lipinski definition) is 2. The van der Waals surface area contributed by atoms with E-state index >= 15 is 0 Å². The van der Waals surface area contributed by atoms with Crippen LogP contribution < -0.4 is 0 Å². The number of rotatable bonds is 3. The van der Waals surface area contributed by atoms with E-state index < -0.39 is 17.3 Å². The first-order valence-electron chi connectivity index (χ1n) is 6.96. The van der Waals surface area contributed by atoms with Crippen molar-refractivity contribution in [3.05, 3.63) is 79.2 Å². The molecule has 0 radical (unpaired) electrons. The van der Waals surface area contributed by atoms with Gasteiger partial charge < -0.3 is 5.11 Å². The van der Waals surface area contributed by atoms with Gasteiger partial charge in [-0.15, -0.1) is 0 Å². The van der Waals surface area contributed by atoms with Gasteiger partial charge >= 0.3 is 5.97 Å². The minimum Gasteiger partial charge on any atom is -0.478 e. The molecule has 7 heteroatoms. The van der Waals surface area contributed by atoms with E-state index in [1.54, 1.807) is 24.3 Å². The van der Waals surface area contributed by atoms with Crippen molar-refractivity contribution in [3.63, 3.8) is 0 Å². The van der Waals surface area contributed by atoms with E-state index in [4.69, 9.17) is 46.4 Å². The lowest BCUT2D eigenvalue weighted by atomic mass is 9.94. The smallest absolute Gasteiger partial charge is 0.338 e. The van der Waals surface area contributed by atoms with Gasteiger partial charge in [-0.25, -0.2) is 4.79 Å². The largest absolute Gasteiger partial charge is 0.478 e. The summed E-state index contributed by atoms with van der Waals surface area (Å²) in [7, 11) is 0. The summed E-state index contributed by atoms with van der Waals surface area (Å²) in [4.78, 5) is 24.8. The minimum absolute atomic E-state index is 0.165. The molecule has 0 unspecified atom stereocenters. The van der Waals surface area contributed by atoms with Gasteiger partial charge in [0.05, 0.1) is 31.2 Å². The predicted molar refractivity (Wildman–Crippen MR) is 101 cm³/mol. The number of halogens is 4. The Kier molecular flexibility index (Phi) is 4.94. The fourth-order valence-electron chi connectivity index (χ4n) is 2.60. The second kappa shape index (κ2) is 6.85. The van der Waals surface area contributed by atoms with Crippen LogP contribution in [-0.4, -0.2) is 16.9 Å². The van der Waals surface area contributed by atoms with Crippen molar-refractivity contribution in [1.29, 1.82) is 0 Å². The molecule has 0 saturated carbocycles. The average Bonchev–Trinajstić information content (AvgIpc) is 2.61. The third-order valence-electron chi connectivity index (χ3n) is 3.74. The lowest BCUT2D eigenvalue weighted by Crippen LogP contribution is -2.12. The number of benzene rings is 3. The zero-order chi connectivity index (χ0) is 18.3. The molecule has 0 aromatic heterocycles. The van der Waals surface area contributed by atoms with Crippen LogP contribution in [0.3, 0.4) is 0 Å². The second-order valence-electron chi connectivity index (χ2n) is 5.17. The van der Waals surface area contributed by atoms with Gasteiger partial charge in [0, 0.05) is 5.56 Å². The van der Waals surface area contributed by atoms with Gasteiger partial charge in [0.1, 0.15) is 0 Å². The Bertz CT molecular complexity index is 1040. The van der Waals surface area contributed by atoms with Crippen molar-refractivity contribution in [2.24, 2.45) is 0 Å². The first kappa shape index (κ1) is 18.0. The molecule has 126 valence electrons. The molecule has 3 aromatic carbocycles. The van der Waals surface area contributed by atoms with Gasteiger partial charge in [-0.2, -0.15) is 0 Å². The highest BCUT2D eigenvalue weighted by Crippen LogP contribution is 2.42. The summed E-state index contributed by atoms with van der Waals surface area (Å²) in [5.74, 6) is -2.02. The third kappa shape index (κ3) is 2.98. The van der Waals surface area contributed by atoms with Crippen LogP contribution in [0.5, 0.6) is 0 Å². The number of hydrogen-bond donors (Lipinski definition) is 1. The molecule has 0 heterocycles. The molecular weight excluding hydrogens is 406 g/mol. The number of carboxylic acid groups (broad SMARTS) is 1. The summed E-state index contributed by atoms with van der Waals surface area (Å²) in [5, 5.41) is 10.0. The fourth-order valence-corrected chi connectivity index (χ4v) is 3.62. The van der Waals surface area contributed by atoms with Gasteiger partial charge in [-0.3, -0.25) is 4.79 Å². The van der Waals surface area contributed by atoms with Crippen LogP contribution >= 0.6 is 46.4 Å². The summed E-state index contributed by atoms with van der Waals surface area (Å²) in [6.07, 6.45) is 0. The average molecular weight is 414 g/mol. The summed E-state index contributed by atoms with van der Waals surface area (Å²) in [5.41, 5.74) is -0.471. The fraction of sp³-hybridized carbons (Fsp3) is 0. The van der Waals surface area contributed by atoms with Crippen LogP contribution in [0.1, 0.15) is 26.3 Å². The molecule has 0 spiro atoms. The molecule has 0 aliphatic carbocycles. The van der Waals surface area contributed by atoms with Crippen LogP contribution in [0.15, 0.2) is 42.5 Å². The number of ketones is 1. The lowest BCUT2D eigenvalue weighted by Gasteiger charge is -2.14. The summed E-state index contributed by atoms with van der Waals surface area (Å²) in [6, 6.07) is 12.3. The summed E-state index contributed by atoms with van der Waals surface area (Å²) in [6.45, 7) is 0. The quantitative estimate of drug-likeness (QED) is 0.307. The van der Waals surface area contributed by atoms with Gasteiger partial charge in [0.25, 0.3) is 0 Å². The van der Waals surface area contributed by atoms with Crippen LogP contribution in [-0.2, 0) is 0 Å². The van der Waals surface area contributed by atoms with E-state index in [1.165, 1.54) is 0 Å². The molecule has 0 bridgehead atoms. The minimum atomic E-state index is -1.42. The monoisotopic (exact) mass is 412 g/mol. The number of fused-ring (bicyclic) bond motifs is 1. The lowest BCUT2D eigenvalue weighted by molar-refractivity contribution is 0.0693. The van der Waals surface area contributed by atoms with Crippen molar-refractivity contribution >= 4 is 68.9 Å². The molecule has 0 amide bonds. The van der Waals surface area contributed by atoms with Crippen molar-refractivity contribution in [2.75, 3.05) is 0 Å². The first-order chi connectivity index (χ1) is 11.8. The molecule has 0 saturated heterocycles. The molecule has 1 N–H and O–H groups in total. The Balaban J connectivity index is 2.36. The Morgan fingerprint density at radius 3 is 1.92 bits per heavy atom. The van der Waals surface area contributed by atoms with Gasteiger partial charge in [0.2, 0.25) is 0 Å². The third-order valence-corrected chi connectivity index (χ3v) is 5.54. The maximum absolute atomic E-state index is 13.1. The molecule has 0 aliphatic heterocycles. The number of aromatic carboxylic acids is 1. The molecule has 3 rings (SSSR count). The Morgan fingerprint density at radius 1 is 0.720 bits per heavy atom. The van der Waals surface area contributed by atoms with E-state index in [0.717, 1.165) is 5.39 Å². The first-order valence-corrected chi connectivity index (χ1v) is 8.47. The van der Waals surface area contributed by atoms with Gasteiger partial charge in [-0.1, -0.05) is 88.9 Å². The van der Waals surface area contributed by atoms with Crippen LogP contribution in [0.4, 0.5) is 0 Å². The molecule has 0 aliphatic rings. The Hall–Kier alpha value is -1.78. The zero-order valence-electron chi connectivity index (χ0n) is 12.3. The molecule has 0 atom stereocenters.